The maximum Gasteiger partial charge on any atom is 0.129 e. The average molecular weight is 252 g/mol. The molecule has 1 saturated heterocycles. The van der Waals surface area contributed by atoms with Crippen LogP contribution in [0.3, 0.4) is 0 Å². The molecule has 1 fully saturated rings. The Morgan fingerprint density at radius 3 is 2.78 bits per heavy atom. The van der Waals surface area contributed by atoms with Gasteiger partial charge in [0.25, 0.3) is 0 Å². The lowest BCUT2D eigenvalue weighted by molar-refractivity contribution is -0.0162. The first-order valence-electron chi connectivity index (χ1n) is 6.64. The molecule has 3 heteroatoms. The van der Waals surface area contributed by atoms with E-state index in [9.17, 15) is 9.50 Å². The van der Waals surface area contributed by atoms with Gasteiger partial charge in [0.15, 0.2) is 0 Å². The molecule has 18 heavy (non-hydrogen) atoms. The molecule has 2 nitrogen and oxygen atoms in total. The minimum Gasteiger partial charge on any atom is -0.388 e. The van der Waals surface area contributed by atoms with Crippen molar-refractivity contribution in [3.8, 4) is 0 Å². The van der Waals surface area contributed by atoms with Crippen molar-refractivity contribution in [3.63, 3.8) is 0 Å². The highest BCUT2D eigenvalue weighted by Gasteiger charge is 2.22. The van der Waals surface area contributed by atoms with Crippen molar-refractivity contribution >= 4 is 0 Å². The molecule has 1 aliphatic rings. The number of hydrogen-bond donors (Lipinski definition) is 1. The van der Waals surface area contributed by atoms with E-state index < -0.39 is 6.10 Å². The van der Waals surface area contributed by atoms with Gasteiger partial charge in [-0.2, -0.15) is 0 Å². The monoisotopic (exact) mass is 252 g/mol. The number of halogens is 1. The van der Waals surface area contributed by atoms with Crippen LogP contribution < -0.4 is 0 Å². The van der Waals surface area contributed by atoms with E-state index in [1.54, 1.807) is 0 Å². The summed E-state index contributed by atoms with van der Waals surface area (Å²) < 4.78 is 19.5. The molecule has 1 N–H and O–H groups in total. The van der Waals surface area contributed by atoms with Gasteiger partial charge in [0.2, 0.25) is 0 Å². The van der Waals surface area contributed by atoms with Crippen LogP contribution in [0.1, 0.15) is 48.5 Å². The van der Waals surface area contributed by atoms with Crippen LogP contribution in [0.15, 0.2) is 12.1 Å². The summed E-state index contributed by atoms with van der Waals surface area (Å²) in [4.78, 5) is 0. The molecule has 0 radical (unpaired) electrons. The molecular weight excluding hydrogens is 231 g/mol. The highest BCUT2D eigenvalue weighted by Crippen LogP contribution is 2.29. The largest absolute Gasteiger partial charge is 0.388 e. The average Bonchev–Trinajstić information content (AvgIpc) is 2.28. The van der Waals surface area contributed by atoms with E-state index in [4.69, 9.17) is 4.74 Å². The van der Waals surface area contributed by atoms with Crippen LogP contribution >= 0.6 is 0 Å². The molecule has 0 spiro atoms. The summed E-state index contributed by atoms with van der Waals surface area (Å²) in [5, 5.41) is 10.2. The van der Waals surface area contributed by atoms with Gasteiger partial charge >= 0.3 is 0 Å². The smallest absolute Gasteiger partial charge is 0.129 e. The molecule has 2 rings (SSSR count). The summed E-state index contributed by atoms with van der Waals surface area (Å²) in [5.74, 6) is -0.309. The molecule has 1 aliphatic heterocycles. The van der Waals surface area contributed by atoms with Gasteiger partial charge in [0, 0.05) is 18.6 Å². The minimum atomic E-state index is -0.770. The van der Waals surface area contributed by atoms with Gasteiger partial charge in [0.05, 0.1) is 12.2 Å². The van der Waals surface area contributed by atoms with Crippen molar-refractivity contribution < 1.29 is 14.2 Å². The van der Waals surface area contributed by atoms with Crippen molar-refractivity contribution in [2.75, 3.05) is 6.61 Å². The fourth-order valence-electron chi connectivity index (χ4n) is 2.71. The fourth-order valence-corrected chi connectivity index (χ4v) is 2.71. The maximum absolute atomic E-state index is 13.9. The summed E-state index contributed by atoms with van der Waals surface area (Å²) in [5.41, 5.74) is 2.13. The third kappa shape index (κ3) is 3.09. The van der Waals surface area contributed by atoms with E-state index in [-0.39, 0.29) is 11.9 Å². The molecular formula is C15H21FO2. The van der Waals surface area contributed by atoms with Crippen LogP contribution in [0, 0.1) is 19.7 Å². The fraction of sp³-hybridized carbons (Fsp3) is 0.600. The van der Waals surface area contributed by atoms with Crippen molar-refractivity contribution in [1.82, 2.24) is 0 Å². The number of ether oxygens (including phenoxy) is 1. The summed E-state index contributed by atoms with van der Waals surface area (Å²) in [6, 6.07) is 3.39. The van der Waals surface area contributed by atoms with E-state index >= 15 is 0 Å². The zero-order valence-electron chi connectivity index (χ0n) is 11.1. The molecule has 1 aromatic carbocycles. The lowest BCUT2D eigenvalue weighted by Crippen LogP contribution is -2.22. The predicted octanol–water partition coefficient (Wildman–Crippen LogP) is 3.44. The number of aryl methyl sites for hydroxylation is 2. The first-order valence-corrected chi connectivity index (χ1v) is 6.64. The number of hydrogen-bond acceptors (Lipinski definition) is 2. The molecule has 0 aliphatic carbocycles. The number of benzene rings is 1. The van der Waals surface area contributed by atoms with Gasteiger partial charge in [-0.1, -0.05) is 6.07 Å². The van der Waals surface area contributed by atoms with Crippen molar-refractivity contribution in [2.45, 2.75) is 51.7 Å². The zero-order chi connectivity index (χ0) is 13.1. The summed E-state index contributed by atoms with van der Waals surface area (Å²) in [6.07, 6.45) is 2.96. The summed E-state index contributed by atoms with van der Waals surface area (Å²) in [7, 11) is 0. The Labute approximate surface area is 108 Å². The van der Waals surface area contributed by atoms with Crippen LogP contribution in [-0.4, -0.2) is 17.8 Å². The Morgan fingerprint density at radius 1 is 1.39 bits per heavy atom. The van der Waals surface area contributed by atoms with Gasteiger partial charge < -0.3 is 9.84 Å². The molecule has 0 amide bonds. The van der Waals surface area contributed by atoms with E-state index in [2.05, 4.69) is 0 Å². The van der Waals surface area contributed by atoms with E-state index in [0.717, 1.165) is 37.0 Å². The van der Waals surface area contributed by atoms with Gasteiger partial charge in [-0.05, 0) is 50.3 Å². The van der Waals surface area contributed by atoms with Gasteiger partial charge in [-0.3, -0.25) is 0 Å². The lowest BCUT2D eigenvalue weighted by atomic mass is 9.94. The van der Waals surface area contributed by atoms with Crippen LogP contribution in [-0.2, 0) is 4.74 Å². The second kappa shape index (κ2) is 5.81. The quantitative estimate of drug-likeness (QED) is 0.893. The Balaban J connectivity index is 2.10. The van der Waals surface area contributed by atoms with Crippen LogP contribution in [0.4, 0.5) is 4.39 Å². The summed E-state index contributed by atoms with van der Waals surface area (Å²) >= 11 is 0. The van der Waals surface area contributed by atoms with E-state index in [1.807, 2.05) is 19.9 Å². The number of rotatable bonds is 3. The third-order valence-corrected chi connectivity index (χ3v) is 3.57. The summed E-state index contributed by atoms with van der Waals surface area (Å²) in [6.45, 7) is 4.46. The Bertz CT molecular complexity index is 388. The van der Waals surface area contributed by atoms with E-state index in [1.165, 1.54) is 6.07 Å². The predicted molar refractivity (Wildman–Crippen MR) is 69.0 cm³/mol. The Morgan fingerprint density at radius 2 is 2.17 bits per heavy atom. The van der Waals surface area contributed by atoms with Crippen molar-refractivity contribution in [3.05, 3.63) is 34.6 Å². The second-order valence-electron chi connectivity index (χ2n) is 5.22. The normalized spacial score (nSPS) is 21.9. The topological polar surface area (TPSA) is 29.5 Å². The van der Waals surface area contributed by atoms with Crippen molar-refractivity contribution in [1.29, 1.82) is 0 Å². The van der Waals surface area contributed by atoms with Crippen LogP contribution in [0.25, 0.3) is 0 Å². The Kier molecular flexibility index (Phi) is 4.36. The molecule has 0 saturated carbocycles. The van der Waals surface area contributed by atoms with Crippen LogP contribution in [0.2, 0.25) is 0 Å². The first-order chi connectivity index (χ1) is 8.58. The van der Waals surface area contributed by atoms with E-state index in [0.29, 0.717) is 12.0 Å². The highest BCUT2D eigenvalue weighted by atomic mass is 19.1. The lowest BCUT2D eigenvalue weighted by Gasteiger charge is -2.25. The number of aliphatic hydroxyl groups excluding tert-OH is 1. The second-order valence-corrected chi connectivity index (χ2v) is 5.22. The highest BCUT2D eigenvalue weighted by molar-refractivity contribution is 5.33. The standard InChI is InChI=1S/C15H21FO2/c1-10-7-11(2)15(13(16)8-10)14(17)9-12-5-3-4-6-18-12/h7-8,12,14,17H,3-6,9H2,1-2H3. The molecule has 0 bridgehead atoms. The number of aliphatic hydroxyl groups is 1. The minimum absolute atomic E-state index is 0.0638. The van der Waals surface area contributed by atoms with Gasteiger partial charge in [0.1, 0.15) is 5.82 Å². The SMILES string of the molecule is Cc1cc(C)c(C(O)CC2CCCCO2)c(F)c1. The van der Waals surface area contributed by atoms with Gasteiger partial charge in [-0.25, -0.2) is 4.39 Å². The molecule has 2 atom stereocenters. The third-order valence-electron chi connectivity index (χ3n) is 3.57. The molecule has 1 aromatic rings. The van der Waals surface area contributed by atoms with Crippen LogP contribution in [0.5, 0.6) is 0 Å². The zero-order valence-corrected chi connectivity index (χ0v) is 11.1. The van der Waals surface area contributed by atoms with Crippen molar-refractivity contribution in [2.24, 2.45) is 0 Å². The molecule has 100 valence electrons. The molecule has 0 aromatic heterocycles. The van der Waals surface area contributed by atoms with Gasteiger partial charge in [-0.15, -0.1) is 0 Å². The Hall–Kier alpha value is -0.930. The maximum atomic E-state index is 13.9. The first kappa shape index (κ1) is 13.5. The molecule has 2 unspecified atom stereocenters. The molecule has 1 heterocycles.